The van der Waals surface area contributed by atoms with Crippen molar-refractivity contribution < 1.29 is 0 Å². The summed E-state index contributed by atoms with van der Waals surface area (Å²) in [7, 11) is 0. The monoisotopic (exact) mass is 237 g/mol. The molecule has 1 aliphatic rings. The molecule has 5 nitrogen and oxygen atoms in total. The van der Waals surface area contributed by atoms with E-state index in [0.29, 0.717) is 12.0 Å². The lowest BCUT2D eigenvalue weighted by Crippen LogP contribution is -2.42. The van der Waals surface area contributed by atoms with Crippen LogP contribution >= 0.6 is 0 Å². The van der Waals surface area contributed by atoms with Crippen molar-refractivity contribution in [2.24, 2.45) is 17.7 Å². The van der Waals surface area contributed by atoms with Crippen LogP contribution in [0, 0.1) is 11.8 Å². The van der Waals surface area contributed by atoms with E-state index in [2.05, 4.69) is 29.4 Å². The highest BCUT2D eigenvalue weighted by molar-refractivity contribution is 4.94. The van der Waals surface area contributed by atoms with Crippen LogP contribution in [-0.4, -0.2) is 20.8 Å². The zero-order valence-electron chi connectivity index (χ0n) is 10.8. The van der Waals surface area contributed by atoms with Crippen LogP contribution in [0.5, 0.6) is 0 Å². The highest BCUT2D eigenvalue weighted by Gasteiger charge is 2.33. The number of aromatic nitrogens is 3. The van der Waals surface area contributed by atoms with Crippen molar-refractivity contribution in [3.05, 3.63) is 12.2 Å². The van der Waals surface area contributed by atoms with E-state index in [0.717, 1.165) is 31.1 Å². The zero-order chi connectivity index (χ0) is 12.3. The van der Waals surface area contributed by atoms with Gasteiger partial charge in [-0.25, -0.2) is 4.98 Å². The Hall–Kier alpha value is -0.940. The van der Waals surface area contributed by atoms with Crippen LogP contribution in [0.15, 0.2) is 6.33 Å². The number of aryl methyl sites for hydroxylation is 1. The maximum absolute atomic E-state index is 5.67. The van der Waals surface area contributed by atoms with Crippen LogP contribution in [0.2, 0.25) is 0 Å². The van der Waals surface area contributed by atoms with Gasteiger partial charge in [-0.05, 0) is 31.1 Å². The summed E-state index contributed by atoms with van der Waals surface area (Å²) in [5, 5.41) is 4.25. The molecule has 0 aliphatic heterocycles. The van der Waals surface area contributed by atoms with Crippen molar-refractivity contribution in [1.82, 2.24) is 20.2 Å². The van der Waals surface area contributed by atoms with Gasteiger partial charge >= 0.3 is 0 Å². The van der Waals surface area contributed by atoms with Gasteiger partial charge in [0.25, 0.3) is 0 Å². The third kappa shape index (κ3) is 3.04. The first-order valence-corrected chi connectivity index (χ1v) is 6.59. The molecule has 2 atom stereocenters. The van der Waals surface area contributed by atoms with Gasteiger partial charge in [0.15, 0.2) is 0 Å². The molecule has 0 radical (unpaired) electrons. The molecule has 1 saturated carbocycles. The number of hydrazine groups is 1. The summed E-state index contributed by atoms with van der Waals surface area (Å²) in [5.74, 6) is 8.18. The van der Waals surface area contributed by atoms with E-state index in [1.165, 1.54) is 12.8 Å². The average Bonchev–Trinajstić information content (AvgIpc) is 3.09. The Morgan fingerprint density at radius 3 is 2.94 bits per heavy atom. The van der Waals surface area contributed by atoms with Crippen LogP contribution in [0.1, 0.15) is 38.9 Å². The lowest BCUT2D eigenvalue weighted by atomic mass is 9.94. The summed E-state index contributed by atoms with van der Waals surface area (Å²) in [6, 6.07) is 0.308. The topological polar surface area (TPSA) is 68.8 Å². The third-order valence-corrected chi connectivity index (χ3v) is 3.75. The minimum absolute atomic E-state index is 0.308. The number of hydrogen-bond acceptors (Lipinski definition) is 4. The van der Waals surface area contributed by atoms with Crippen LogP contribution in [0.25, 0.3) is 0 Å². The van der Waals surface area contributed by atoms with E-state index in [9.17, 15) is 0 Å². The van der Waals surface area contributed by atoms with Crippen LogP contribution in [0.4, 0.5) is 0 Å². The highest BCUT2D eigenvalue weighted by atomic mass is 15.3. The lowest BCUT2D eigenvalue weighted by molar-refractivity contribution is 0.334. The van der Waals surface area contributed by atoms with E-state index in [4.69, 9.17) is 5.84 Å². The Kier molecular flexibility index (Phi) is 4.12. The molecular weight excluding hydrogens is 214 g/mol. The molecule has 0 saturated heterocycles. The first-order chi connectivity index (χ1) is 8.26. The van der Waals surface area contributed by atoms with Gasteiger partial charge in [-0.15, -0.1) is 0 Å². The second-order valence-electron chi connectivity index (χ2n) is 5.07. The van der Waals surface area contributed by atoms with Gasteiger partial charge in [0.05, 0.1) is 0 Å². The van der Waals surface area contributed by atoms with Crippen molar-refractivity contribution in [2.75, 3.05) is 0 Å². The Morgan fingerprint density at radius 2 is 2.35 bits per heavy atom. The van der Waals surface area contributed by atoms with Crippen LogP contribution < -0.4 is 11.3 Å². The van der Waals surface area contributed by atoms with Crippen molar-refractivity contribution in [3.8, 4) is 0 Å². The lowest BCUT2D eigenvalue weighted by Gasteiger charge is -2.22. The van der Waals surface area contributed by atoms with Gasteiger partial charge in [-0.2, -0.15) is 5.10 Å². The molecule has 0 aromatic carbocycles. The van der Waals surface area contributed by atoms with Crippen molar-refractivity contribution in [3.63, 3.8) is 0 Å². The third-order valence-electron chi connectivity index (χ3n) is 3.75. The highest BCUT2D eigenvalue weighted by Crippen LogP contribution is 2.38. The average molecular weight is 237 g/mol. The van der Waals surface area contributed by atoms with E-state index in [1.54, 1.807) is 6.33 Å². The van der Waals surface area contributed by atoms with E-state index < -0.39 is 0 Å². The molecule has 1 heterocycles. The van der Waals surface area contributed by atoms with Gasteiger partial charge in [0.1, 0.15) is 12.2 Å². The molecule has 17 heavy (non-hydrogen) atoms. The minimum Gasteiger partial charge on any atom is -0.271 e. The first kappa shape index (κ1) is 12.5. The molecule has 1 aromatic heterocycles. The smallest absolute Gasteiger partial charge is 0.138 e. The van der Waals surface area contributed by atoms with E-state index >= 15 is 0 Å². The molecule has 1 aliphatic carbocycles. The number of hydrogen-bond donors (Lipinski definition) is 2. The van der Waals surface area contributed by atoms with Gasteiger partial charge in [-0.3, -0.25) is 16.0 Å². The van der Waals surface area contributed by atoms with Gasteiger partial charge in [0, 0.05) is 19.0 Å². The fraction of sp³-hybridized carbons (Fsp3) is 0.833. The van der Waals surface area contributed by atoms with Gasteiger partial charge in [0.2, 0.25) is 0 Å². The van der Waals surface area contributed by atoms with Gasteiger partial charge in [-0.1, -0.05) is 13.8 Å². The van der Waals surface area contributed by atoms with E-state index in [1.807, 2.05) is 4.68 Å². The number of nitrogens with one attached hydrogen (secondary N) is 1. The molecular formula is C12H23N5. The van der Waals surface area contributed by atoms with Crippen molar-refractivity contribution in [1.29, 1.82) is 0 Å². The SMILES string of the molecule is CCCn1ncnc1CC(NN)C(C)C1CC1. The maximum atomic E-state index is 5.67. The Morgan fingerprint density at radius 1 is 1.59 bits per heavy atom. The quantitative estimate of drug-likeness (QED) is 0.550. The second kappa shape index (κ2) is 5.60. The fourth-order valence-electron chi connectivity index (χ4n) is 2.39. The molecule has 3 N–H and O–H groups in total. The Labute approximate surface area is 103 Å². The summed E-state index contributed by atoms with van der Waals surface area (Å²) >= 11 is 0. The fourth-order valence-corrected chi connectivity index (χ4v) is 2.39. The van der Waals surface area contributed by atoms with Crippen LogP contribution in [0.3, 0.4) is 0 Å². The molecule has 96 valence electrons. The molecule has 1 aromatic rings. The largest absolute Gasteiger partial charge is 0.271 e. The number of nitrogens with zero attached hydrogens (tertiary/aromatic N) is 3. The minimum atomic E-state index is 0.308. The van der Waals surface area contributed by atoms with E-state index in [-0.39, 0.29) is 0 Å². The van der Waals surface area contributed by atoms with Crippen LogP contribution in [-0.2, 0) is 13.0 Å². The predicted octanol–water partition coefficient (Wildman–Crippen LogP) is 1.11. The molecule has 5 heteroatoms. The van der Waals surface area contributed by atoms with Gasteiger partial charge < -0.3 is 0 Å². The normalized spacial score (nSPS) is 19.2. The molecule has 2 unspecified atom stereocenters. The predicted molar refractivity (Wildman–Crippen MR) is 67.0 cm³/mol. The first-order valence-electron chi connectivity index (χ1n) is 6.59. The second-order valence-corrected chi connectivity index (χ2v) is 5.07. The molecule has 0 spiro atoms. The number of rotatable bonds is 7. The van der Waals surface area contributed by atoms with Crippen molar-refractivity contribution >= 4 is 0 Å². The summed E-state index contributed by atoms with van der Waals surface area (Å²) in [6.07, 6.45) is 6.28. The summed E-state index contributed by atoms with van der Waals surface area (Å²) < 4.78 is 1.99. The summed E-state index contributed by atoms with van der Waals surface area (Å²) in [6.45, 7) is 5.37. The molecule has 0 amide bonds. The number of nitrogens with two attached hydrogens (primary N) is 1. The molecule has 1 fully saturated rings. The molecule has 0 bridgehead atoms. The summed E-state index contributed by atoms with van der Waals surface area (Å²) in [4.78, 5) is 4.34. The molecule has 2 rings (SSSR count). The van der Waals surface area contributed by atoms with Crippen molar-refractivity contribution in [2.45, 2.75) is 52.1 Å². The summed E-state index contributed by atoms with van der Waals surface area (Å²) in [5.41, 5.74) is 2.95. The Bertz CT molecular complexity index is 344. The zero-order valence-corrected chi connectivity index (χ0v) is 10.8. The maximum Gasteiger partial charge on any atom is 0.138 e. The Balaban J connectivity index is 1.98. The standard InChI is InChI=1S/C12H23N5/c1-3-6-17-12(14-8-15-17)7-11(16-13)9(2)10-4-5-10/h8-11,16H,3-7,13H2,1-2H3.